The van der Waals surface area contributed by atoms with Gasteiger partial charge in [-0.1, -0.05) is 42.5 Å². The van der Waals surface area contributed by atoms with Crippen LogP contribution in [0.25, 0.3) is 0 Å². The van der Waals surface area contributed by atoms with Crippen LogP contribution in [-0.4, -0.2) is 21.4 Å². The van der Waals surface area contributed by atoms with Crippen molar-refractivity contribution in [2.75, 3.05) is 5.32 Å². The number of hydrogen-bond acceptors (Lipinski definition) is 3. The lowest BCUT2D eigenvalue weighted by molar-refractivity contribution is -0.118. The second kappa shape index (κ2) is 8.11. The van der Waals surface area contributed by atoms with Crippen molar-refractivity contribution in [1.29, 1.82) is 0 Å². The summed E-state index contributed by atoms with van der Waals surface area (Å²) >= 11 is 0. The molecule has 0 saturated carbocycles. The fraction of sp³-hybridized carbons (Fsp3) is 0.150. The molecule has 0 radical (unpaired) electrons. The molecule has 132 valence electrons. The summed E-state index contributed by atoms with van der Waals surface area (Å²) in [4.78, 5) is 29.0. The Labute approximate surface area is 151 Å². The first-order valence-electron chi connectivity index (χ1n) is 8.34. The van der Waals surface area contributed by atoms with Crippen molar-refractivity contribution in [3.05, 3.63) is 84.4 Å². The predicted molar refractivity (Wildman–Crippen MR) is 99.6 cm³/mol. The molecule has 26 heavy (non-hydrogen) atoms. The number of nitrogens with zero attached hydrogens (tertiary/aromatic N) is 2. The molecule has 1 heterocycles. The molecule has 3 aromatic rings. The third kappa shape index (κ3) is 4.16. The molecule has 0 aliphatic heterocycles. The van der Waals surface area contributed by atoms with Crippen molar-refractivity contribution in [3.8, 4) is 0 Å². The zero-order chi connectivity index (χ0) is 18.4. The second-order valence-corrected chi connectivity index (χ2v) is 5.89. The van der Waals surface area contributed by atoms with E-state index in [0.29, 0.717) is 17.8 Å². The van der Waals surface area contributed by atoms with Crippen LogP contribution in [0.3, 0.4) is 0 Å². The monoisotopic (exact) mass is 348 g/mol. The van der Waals surface area contributed by atoms with Gasteiger partial charge in [0.15, 0.2) is 0 Å². The van der Waals surface area contributed by atoms with Gasteiger partial charge < -0.3 is 15.2 Å². The van der Waals surface area contributed by atoms with Crippen molar-refractivity contribution < 1.29 is 9.59 Å². The van der Waals surface area contributed by atoms with Gasteiger partial charge in [0.25, 0.3) is 5.91 Å². The topological polar surface area (TPSA) is 76.0 Å². The number of carbonyl (C=O) groups is 2. The number of para-hydroxylation sites is 1. The van der Waals surface area contributed by atoms with Gasteiger partial charge in [-0.25, -0.2) is 4.98 Å². The number of imidazole rings is 1. The van der Waals surface area contributed by atoms with Gasteiger partial charge in [0, 0.05) is 18.9 Å². The zero-order valence-corrected chi connectivity index (χ0v) is 14.4. The van der Waals surface area contributed by atoms with Crippen LogP contribution in [0.1, 0.15) is 28.9 Å². The van der Waals surface area contributed by atoms with Crippen molar-refractivity contribution >= 4 is 17.5 Å². The highest BCUT2D eigenvalue weighted by atomic mass is 16.2. The SMILES string of the molecule is C[C@@H](C(=O)Nc1ccccc1C(=O)NCc1ccccc1)n1ccnc1. The Kier molecular flexibility index (Phi) is 5.43. The van der Waals surface area contributed by atoms with Gasteiger partial charge in [-0.3, -0.25) is 9.59 Å². The minimum absolute atomic E-state index is 0.216. The van der Waals surface area contributed by atoms with E-state index < -0.39 is 6.04 Å². The number of aromatic nitrogens is 2. The first-order valence-corrected chi connectivity index (χ1v) is 8.34. The van der Waals surface area contributed by atoms with Crippen molar-refractivity contribution in [2.45, 2.75) is 19.5 Å². The van der Waals surface area contributed by atoms with Crippen LogP contribution in [0.2, 0.25) is 0 Å². The molecular formula is C20H20N4O2. The molecule has 0 aliphatic rings. The normalized spacial score (nSPS) is 11.6. The van der Waals surface area contributed by atoms with Crippen molar-refractivity contribution in [3.63, 3.8) is 0 Å². The lowest BCUT2D eigenvalue weighted by atomic mass is 10.1. The summed E-state index contributed by atoms with van der Waals surface area (Å²) in [7, 11) is 0. The van der Waals surface area contributed by atoms with E-state index in [2.05, 4.69) is 15.6 Å². The summed E-state index contributed by atoms with van der Waals surface area (Å²) in [6.07, 6.45) is 4.93. The number of amides is 2. The number of carbonyl (C=O) groups excluding carboxylic acids is 2. The molecule has 6 nitrogen and oxygen atoms in total. The average Bonchev–Trinajstić information content (AvgIpc) is 3.21. The molecule has 2 N–H and O–H groups in total. The van der Waals surface area contributed by atoms with E-state index in [-0.39, 0.29) is 11.8 Å². The summed E-state index contributed by atoms with van der Waals surface area (Å²) < 4.78 is 1.70. The molecule has 3 rings (SSSR count). The predicted octanol–water partition coefficient (Wildman–Crippen LogP) is 3.01. The molecule has 0 unspecified atom stereocenters. The van der Waals surface area contributed by atoms with Gasteiger partial charge in [-0.2, -0.15) is 0 Å². The minimum Gasteiger partial charge on any atom is -0.348 e. The number of anilines is 1. The summed E-state index contributed by atoms with van der Waals surface area (Å²) in [5.41, 5.74) is 1.92. The fourth-order valence-electron chi connectivity index (χ4n) is 2.53. The Bertz CT molecular complexity index is 876. The molecule has 0 spiro atoms. The lowest BCUT2D eigenvalue weighted by Gasteiger charge is -2.15. The van der Waals surface area contributed by atoms with E-state index in [4.69, 9.17) is 0 Å². The standard InChI is InChI=1S/C20H20N4O2/c1-15(24-12-11-21-14-24)19(25)23-18-10-6-5-9-17(18)20(26)22-13-16-7-3-2-4-8-16/h2-12,14-15H,13H2,1H3,(H,22,26)(H,23,25)/t15-/m0/s1. The quantitative estimate of drug-likeness (QED) is 0.719. The van der Waals surface area contributed by atoms with Gasteiger partial charge in [0.05, 0.1) is 17.6 Å². The van der Waals surface area contributed by atoms with Gasteiger partial charge in [-0.05, 0) is 24.6 Å². The molecule has 1 atom stereocenters. The lowest BCUT2D eigenvalue weighted by Crippen LogP contribution is -2.27. The Morgan fingerprint density at radius 3 is 2.54 bits per heavy atom. The Morgan fingerprint density at radius 2 is 1.81 bits per heavy atom. The Morgan fingerprint density at radius 1 is 1.08 bits per heavy atom. The molecular weight excluding hydrogens is 328 g/mol. The summed E-state index contributed by atoms with van der Waals surface area (Å²) in [6.45, 7) is 2.20. The third-order valence-electron chi connectivity index (χ3n) is 4.08. The van der Waals surface area contributed by atoms with E-state index in [0.717, 1.165) is 5.56 Å². The van der Waals surface area contributed by atoms with E-state index in [1.54, 1.807) is 54.5 Å². The summed E-state index contributed by atoms with van der Waals surface area (Å²) in [5.74, 6) is -0.452. The summed E-state index contributed by atoms with van der Waals surface area (Å²) in [6, 6.07) is 16.2. The molecule has 2 amide bonds. The maximum Gasteiger partial charge on any atom is 0.253 e. The third-order valence-corrected chi connectivity index (χ3v) is 4.08. The summed E-state index contributed by atoms with van der Waals surface area (Å²) in [5, 5.41) is 5.71. The molecule has 1 aromatic heterocycles. The van der Waals surface area contributed by atoms with Gasteiger partial charge in [0.2, 0.25) is 5.91 Å². The van der Waals surface area contributed by atoms with Crippen LogP contribution < -0.4 is 10.6 Å². The first-order chi connectivity index (χ1) is 12.6. The molecule has 6 heteroatoms. The maximum absolute atomic E-state index is 12.5. The van der Waals surface area contributed by atoms with E-state index >= 15 is 0 Å². The average molecular weight is 348 g/mol. The second-order valence-electron chi connectivity index (χ2n) is 5.89. The van der Waals surface area contributed by atoms with Crippen LogP contribution >= 0.6 is 0 Å². The molecule has 0 bridgehead atoms. The highest BCUT2D eigenvalue weighted by molar-refractivity contribution is 6.04. The number of rotatable bonds is 6. The highest BCUT2D eigenvalue weighted by Gasteiger charge is 2.17. The largest absolute Gasteiger partial charge is 0.348 e. The van der Waals surface area contributed by atoms with Crippen LogP contribution in [0.5, 0.6) is 0 Å². The molecule has 0 saturated heterocycles. The van der Waals surface area contributed by atoms with Gasteiger partial charge in [-0.15, -0.1) is 0 Å². The molecule has 2 aromatic carbocycles. The zero-order valence-electron chi connectivity index (χ0n) is 14.4. The van der Waals surface area contributed by atoms with E-state index in [1.807, 2.05) is 30.3 Å². The Balaban J connectivity index is 1.69. The molecule has 0 fully saturated rings. The smallest absolute Gasteiger partial charge is 0.253 e. The van der Waals surface area contributed by atoms with Crippen LogP contribution in [0.15, 0.2) is 73.3 Å². The Hall–Kier alpha value is -3.41. The van der Waals surface area contributed by atoms with Crippen molar-refractivity contribution in [2.24, 2.45) is 0 Å². The van der Waals surface area contributed by atoms with Gasteiger partial charge >= 0.3 is 0 Å². The number of nitrogens with one attached hydrogen (secondary N) is 2. The van der Waals surface area contributed by atoms with Crippen molar-refractivity contribution in [1.82, 2.24) is 14.9 Å². The fourth-order valence-corrected chi connectivity index (χ4v) is 2.53. The first kappa shape index (κ1) is 17.4. The number of hydrogen-bond donors (Lipinski definition) is 2. The van der Waals surface area contributed by atoms with E-state index in [9.17, 15) is 9.59 Å². The number of benzene rings is 2. The molecule has 0 aliphatic carbocycles. The van der Waals surface area contributed by atoms with Gasteiger partial charge in [0.1, 0.15) is 6.04 Å². The maximum atomic E-state index is 12.5. The van der Waals surface area contributed by atoms with E-state index in [1.165, 1.54) is 0 Å². The van der Waals surface area contributed by atoms with Crippen LogP contribution in [0, 0.1) is 0 Å². The van der Waals surface area contributed by atoms with Crippen LogP contribution in [-0.2, 0) is 11.3 Å². The minimum atomic E-state index is -0.432. The highest BCUT2D eigenvalue weighted by Crippen LogP contribution is 2.17. The van der Waals surface area contributed by atoms with Crippen LogP contribution in [0.4, 0.5) is 5.69 Å².